The van der Waals surface area contributed by atoms with Gasteiger partial charge in [-0.15, -0.1) is 11.8 Å². The number of hydrogen-bond acceptors (Lipinski definition) is 4. The lowest BCUT2D eigenvalue weighted by atomic mass is 10.1. The maximum Gasteiger partial charge on any atom is 0.329 e. The smallest absolute Gasteiger partial charge is 0.329 e. The molecule has 1 fully saturated rings. The number of ether oxygens (including phenoxy) is 1. The normalized spacial score (nSPS) is 20.5. The molecule has 0 bridgehead atoms. The van der Waals surface area contributed by atoms with E-state index in [-0.39, 0.29) is 23.2 Å². The second-order valence-corrected chi connectivity index (χ2v) is 7.81. The van der Waals surface area contributed by atoms with E-state index in [1.165, 1.54) is 0 Å². The predicted molar refractivity (Wildman–Crippen MR) is 98.4 cm³/mol. The Kier molecular flexibility index (Phi) is 6.99. The zero-order valence-corrected chi connectivity index (χ0v) is 15.9. The Balaban J connectivity index is 2.19. The minimum absolute atomic E-state index is 0.0306. The van der Waals surface area contributed by atoms with Crippen molar-refractivity contribution < 1.29 is 14.3 Å². The summed E-state index contributed by atoms with van der Waals surface area (Å²) in [5, 5.41) is 0.551. The van der Waals surface area contributed by atoms with Crippen LogP contribution in [0.4, 0.5) is 0 Å². The van der Waals surface area contributed by atoms with E-state index in [0.717, 1.165) is 12.8 Å². The third-order valence-corrected chi connectivity index (χ3v) is 5.82. The number of benzene rings is 1. The molecule has 24 heavy (non-hydrogen) atoms. The molecular formula is C18H24ClNO3S. The first-order valence-electron chi connectivity index (χ1n) is 8.32. The van der Waals surface area contributed by atoms with Crippen molar-refractivity contribution in [3.05, 3.63) is 34.9 Å². The molecule has 2 rings (SSSR count). The standard InChI is InChI=1S/C18H24ClNO3S/c1-4-5-10-23-18(22)15-11-24-17(12(2)3)20(15)16(21)13-6-8-14(19)9-7-13/h6-9,12,15,17H,4-5,10-11H2,1-3H3. The highest BCUT2D eigenvalue weighted by Crippen LogP contribution is 2.35. The van der Waals surface area contributed by atoms with Gasteiger partial charge in [0.25, 0.3) is 5.91 Å². The lowest BCUT2D eigenvalue weighted by Crippen LogP contribution is -2.47. The maximum absolute atomic E-state index is 13.0. The Morgan fingerprint density at radius 1 is 1.33 bits per heavy atom. The van der Waals surface area contributed by atoms with Crippen molar-refractivity contribution in [3.8, 4) is 0 Å². The molecule has 2 atom stereocenters. The molecule has 4 nitrogen and oxygen atoms in total. The molecule has 1 aromatic rings. The lowest BCUT2D eigenvalue weighted by Gasteiger charge is -2.30. The van der Waals surface area contributed by atoms with Gasteiger partial charge in [-0.25, -0.2) is 4.79 Å². The number of amides is 1. The Bertz CT molecular complexity index is 576. The molecule has 6 heteroatoms. The zero-order valence-electron chi connectivity index (χ0n) is 14.3. The average molecular weight is 370 g/mol. The van der Waals surface area contributed by atoms with Gasteiger partial charge >= 0.3 is 5.97 Å². The number of rotatable bonds is 6. The van der Waals surface area contributed by atoms with E-state index in [1.54, 1.807) is 40.9 Å². The van der Waals surface area contributed by atoms with Gasteiger partial charge in [-0.2, -0.15) is 0 Å². The summed E-state index contributed by atoms with van der Waals surface area (Å²) >= 11 is 7.54. The number of carbonyl (C=O) groups is 2. The molecular weight excluding hydrogens is 346 g/mol. The first-order chi connectivity index (χ1) is 11.5. The first-order valence-corrected chi connectivity index (χ1v) is 9.74. The van der Waals surface area contributed by atoms with E-state index in [1.807, 2.05) is 6.92 Å². The Hall–Kier alpha value is -1.20. The van der Waals surface area contributed by atoms with Gasteiger partial charge in [0.05, 0.1) is 12.0 Å². The van der Waals surface area contributed by atoms with Crippen molar-refractivity contribution in [2.45, 2.75) is 45.0 Å². The van der Waals surface area contributed by atoms with Crippen LogP contribution in [0.25, 0.3) is 0 Å². The molecule has 1 aliphatic heterocycles. The van der Waals surface area contributed by atoms with E-state index < -0.39 is 6.04 Å². The number of hydrogen-bond donors (Lipinski definition) is 0. The van der Waals surface area contributed by atoms with Crippen LogP contribution in [-0.2, 0) is 9.53 Å². The fourth-order valence-electron chi connectivity index (χ4n) is 2.63. The van der Waals surface area contributed by atoms with Gasteiger partial charge in [-0.3, -0.25) is 4.79 Å². The third kappa shape index (κ3) is 4.45. The van der Waals surface area contributed by atoms with Crippen LogP contribution in [0.15, 0.2) is 24.3 Å². The number of carbonyl (C=O) groups excluding carboxylic acids is 2. The van der Waals surface area contributed by atoms with Gasteiger partial charge in [0.15, 0.2) is 0 Å². The van der Waals surface area contributed by atoms with Gasteiger partial charge in [-0.1, -0.05) is 38.8 Å². The molecule has 1 aliphatic rings. The molecule has 0 radical (unpaired) electrons. The number of unbranched alkanes of at least 4 members (excludes halogenated alkanes) is 1. The van der Waals surface area contributed by atoms with Gasteiger partial charge in [0, 0.05) is 16.3 Å². The Morgan fingerprint density at radius 3 is 2.58 bits per heavy atom. The Morgan fingerprint density at radius 2 is 2.00 bits per heavy atom. The fraction of sp³-hybridized carbons (Fsp3) is 0.556. The van der Waals surface area contributed by atoms with Crippen molar-refractivity contribution in [3.63, 3.8) is 0 Å². The van der Waals surface area contributed by atoms with Crippen molar-refractivity contribution >= 4 is 35.2 Å². The maximum atomic E-state index is 13.0. The highest BCUT2D eigenvalue weighted by Gasteiger charge is 2.43. The van der Waals surface area contributed by atoms with Gasteiger partial charge in [0.2, 0.25) is 0 Å². The van der Waals surface area contributed by atoms with Crippen LogP contribution in [0, 0.1) is 5.92 Å². The highest BCUT2D eigenvalue weighted by atomic mass is 35.5. The van der Waals surface area contributed by atoms with Gasteiger partial charge < -0.3 is 9.64 Å². The molecule has 1 saturated heterocycles. The number of halogens is 1. The zero-order chi connectivity index (χ0) is 17.7. The molecule has 0 spiro atoms. The van der Waals surface area contributed by atoms with Crippen LogP contribution in [0.1, 0.15) is 44.0 Å². The number of esters is 1. The summed E-state index contributed by atoms with van der Waals surface area (Å²) in [6, 6.07) is 6.26. The van der Waals surface area contributed by atoms with Crippen LogP contribution in [-0.4, -0.2) is 40.6 Å². The van der Waals surface area contributed by atoms with E-state index >= 15 is 0 Å². The van der Waals surface area contributed by atoms with Crippen molar-refractivity contribution in [2.24, 2.45) is 5.92 Å². The van der Waals surface area contributed by atoms with Gasteiger partial charge in [-0.05, 0) is 36.6 Å². The third-order valence-electron chi connectivity index (χ3n) is 3.95. The molecule has 2 unspecified atom stereocenters. The van der Waals surface area contributed by atoms with E-state index in [2.05, 4.69) is 13.8 Å². The van der Waals surface area contributed by atoms with Crippen LogP contribution in [0.3, 0.4) is 0 Å². The molecule has 1 heterocycles. The summed E-state index contributed by atoms with van der Waals surface area (Å²) in [4.78, 5) is 27.1. The summed E-state index contributed by atoms with van der Waals surface area (Å²) < 4.78 is 5.36. The number of thioether (sulfide) groups is 1. The molecule has 0 aliphatic carbocycles. The highest BCUT2D eigenvalue weighted by molar-refractivity contribution is 8.00. The van der Waals surface area contributed by atoms with Gasteiger partial charge in [0.1, 0.15) is 6.04 Å². The van der Waals surface area contributed by atoms with Crippen LogP contribution < -0.4 is 0 Å². The predicted octanol–water partition coefficient (Wildman–Crippen LogP) is 4.22. The van der Waals surface area contributed by atoms with E-state index in [4.69, 9.17) is 16.3 Å². The molecule has 1 aromatic carbocycles. The molecule has 0 aromatic heterocycles. The fourth-order valence-corrected chi connectivity index (χ4v) is 4.23. The van der Waals surface area contributed by atoms with Crippen molar-refractivity contribution in [2.75, 3.05) is 12.4 Å². The summed E-state index contributed by atoms with van der Waals surface area (Å²) in [5.41, 5.74) is 0.541. The van der Waals surface area contributed by atoms with Crippen molar-refractivity contribution in [1.82, 2.24) is 4.90 Å². The Labute approximate surface area is 152 Å². The summed E-state index contributed by atoms with van der Waals surface area (Å²) in [6.45, 7) is 6.57. The lowest BCUT2D eigenvalue weighted by molar-refractivity contribution is -0.148. The summed E-state index contributed by atoms with van der Waals surface area (Å²) in [5.74, 6) is 0.376. The topological polar surface area (TPSA) is 46.6 Å². The minimum Gasteiger partial charge on any atom is -0.464 e. The molecule has 0 N–H and O–H groups in total. The van der Waals surface area contributed by atoms with Crippen molar-refractivity contribution in [1.29, 1.82) is 0 Å². The second-order valence-electron chi connectivity index (χ2n) is 6.22. The SMILES string of the molecule is CCCCOC(=O)C1CSC(C(C)C)N1C(=O)c1ccc(Cl)cc1. The first kappa shape index (κ1) is 19.1. The average Bonchev–Trinajstić information content (AvgIpc) is 3.00. The summed E-state index contributed by atoms with van der Waals surface area (Å²) in [7, 11) is 0. The van der Waals surface area contributed by atoms with E-state index in [9.17, 15) is 9.59 Å². The largest absolute Gasteiger partial charge is 0.464 e. The number of nitrogens with zero attached hydrogens (tertiary/aromatic N) is 1. The molecule has 0 saturated carbocycles. The second kappa shape index (κ2) is 8.77. The van der Waals surface area contributed by atoms with Crippen LogP contribution in [0.2, 0.25) is 5.02 Å². The van der Waals surface area contributed by atoms with Crippen LogP contribution in [0.5, 0.6) is 0 Å². The molecule has 1 amide bonds. The van der Waals surface area contributed by atoms with E-state index in [0.29, 0.717) is 22.9 Å². The quantitative estimate of drug-likeness (QED) is 0.556. The monoisotopic (exact) mass is 369 g/mol. The molecule has 132 valence electrons. The van der Waals surface area contributed by atoms with Crippen LogP contribution >= 0.6 is 23.4 Å². The summed E-state index contributed by atoms with van der Waals surface area (Å²) in [6.07, 6.45) is 1.80. The minimum atomic E-state index is -0.526.